The Balaban J connectivity index is 3.05. The summed E-state index contributed by atoms with van der Waals surface area (Å²) in [6, 6.07) is 3.40. The number of ether oxygens (including phenoxy) is 1. The number of nitrogens with two attached hydrogens (primary N) is 1. The van der Waals surface area contributed by atoms with E-state index in [1.54, 1.807) is 26.0 Å². The minimum absolute atomic E-state index is 0.402. The molecule has 18 heavy (non-hydrogen) atoms. The lowest BCUT2D eigenvalue weighted by atomic mass is 10.1. The van der Waals surface area contributed by atoms with Gasteiger partial charge in [-0.1, -0.05) is 6.07 Å². The molecule has 0 saturated carbocycles. The number of esters is 1. The Hall–Kier alpha value is -1.76. The topological polar surface area (TPSA) is 98.5 Å². The second kappa shape index (κ2) is 5.26. The molecule has 0 aliphatic carbocycles. The van der Waals surface area contributed by atoms with Crippen LogP contribution >= 0.6 is 0 Å². The summed E-state index contributed by atoms with van der Waals surface area (Å²) in [4.78, 5) is 11.0. The first-order valence-electron chi connectivity index (χ1n) is 5.20. The highest BCUT2D eigenvalue weighted by Crippen LogP contribution is 2.26. The molecule has 100 valence electrons. The standard InChI is InChI=1S/C11H16N2O4S/c1-7-4-5-9(12)8(2)11(7)13-18(15,16)6-10(14)17-3/h4-5,13H,6,12H2,1-3H3. The van der Waals surface area contributed by atoms with E-state index in [0.717, 1.165) is 12.7 Å². The van der Waals surface area contributed by atoms with Crippen molar-refractivity contribution in [3.63, 3.8) is 0 Å². The maximum atomic E-state index is 11.7. The van der Waals surface area contributed by atoms with Crippen molar-refractivity contribution in [2.75, 3.05) is 23.3 Å². The van der Waals surface area contributed by atoms with E-state index in [9.17, 15) is 13.2 Å². The molecule has 0 unspecified atom stereocenters. The summed E-state index contributed by atoms with van der Waals surface area (Å²) < 4.78 is 30.1. The van der Waals surface area contributed by atoms with Gasteiger partial charge in [0.15, 0.2) is 5.75 Å². The lowest BCUT2D eigenvalue weighted by molar-refractivity contribution is -0.137. The third kappa shape index (κ3) is 3.36. The van der Waals surface area contributed by atoms with Crippen molar-refractivity contribution in [2.45, 2.75) is 13.8 Å². The largest absolute Gasteiger partial charge is 0.468 e. The Kier molecular flexibility index (Phi) is 4.18. The molecule has 0 radical (unpaired) electrons. The number of sulfonamides is 1. The second-order valence-electron chi connectivity index (χ2n) is 3.91. The number of anilines is 2. The van der Waals surface area contributed by atoms with Gasteiger partial charge in [0.2, 0.25) is 10.0 Å². The molecule has 1 aromatic rings. The number of hydrogen-bond donors (Lipinski definition) is 2. The predicted octanol–water partition coefficient (Wildman–Crippen LogP) is 0.800. The van der Waals surface area contributed by atoms with E-state index >= 15 is 0 Å². The second-order valence-corrected chi connectivity index (χ2v) is 5.63. The first-order valence-corrected chi connectivity index (χ1v) is 6.85. The molecule has 1 rings (SSSR count). The zero-order chi connectivity index (χ0) is 13.9. The van der Waals surface area contributed by atoms with Crippen LogP contribution in [-0.4, -0.2) is 27.2 Å². The number of carbonyl (C=O) groups is 1. The van der Waals surface area contributed by atoms with Gasteiger partial charge in [0.1, 0.15) is 0 Å². The van der Waals surface area contributed by atoms with Gasteiger partial charge in [0.25, 0.3) is 0 Å². The summed E-state index contributed by atoms with van der Waals surface area (Å²) in [7, 11) is -2.65. The molecule has 0 fully saturated rings. The predicted molar refractivity (Wildman–Crippen MR) is 69.8 cm³/mol. The van der Waals surface area contributed by atoms with E-state index in [2.05, 4.69) is 9.46 Å². The van der Waals surface area contributed by atoms with Crippen LogP contribution in [0.25, 0.3) is 0 Å². The number of benzene rings is 1. The van der Waals surface area contributed by atoms with Gasteiger partial charge in [-0.2, -0.15) is 0 Å². The van der Waals surface area contributed by atoms with Gasteiger partial charge < -0.3 is 10.5 Å². The number of hydrogen-bond acceptors (Lipinski definition) is 5. The van der Waals surface area contributed by atoms with E-state index in [4.69, 9.17) is 5.73 Å². The molecule has 0 heterocycles. The summed E-state index contributed by atoms with van der Waals surface area (Å²) in [6.07, 6.45) is 0. The van der Waals surface area contributed by atoms with E-state index in [1.165, 1.54) is 0 Å². The van der Waals surface area contributed by atoms with Gasteiger partial charge in [-0.15, -0.1) is 0 Å². The summed E-state index contributed by atoms with van der Waals surface area (Å²) >= 11 is 0. The summed E-state index contributed by atoms with van der Waals surface area (Å²) in [5, 5.41) is 0. The van der Waals surface area contributed by atoms with Crippen molar-refractivity contribution in [1.29, 1.82) is 0 Å². The average Bonchev–Trinajstić information content (AvgIpc) is 2.29. The maximum absolute atomic E-state index is 11.7. The monoisotopic (exact) mass is 272 g/mol. The van der Waals surface area contributed by atoms with Crippen molar-refractivity contribution < 1.29 is 17.9 Å². The molecular formula is C11H16N2O4S. The van der Waals surface area contributed by atoms with E-state index < -0.39 is 21.7 Å². The molecule has 6 nitrogen and oxygen atoms in total. The molecule has 0 saturated heterocycles. The SMILES string of the molecule is COC(=O)CS(=O)(=O)Nc1c(C)ccc(N)c1C. The third-order valence-corrected chi connectivity index (χ3v) is 3.64. The van der Waals surface area contributed by atoms with Crippen LogP contribution in [0.2, 0.25) is 0 Å². The van der Waals surface area contributed by atoms with Crippen molar-refractivity contribution in [3.05, 3.63) is 23.3 Å². The molecule has 0 spiro atoms. The third-order valence-electron chi connectivity index (χ3n) is 2.51. The Bertz CT molecular complexity index is 567. The first kappa shape index (κ1) is 14.3. The number of rotatable bonds is 4. The van der Waals surface area contributed by atoms with Gasteiger partial charge in [0.05, 0.1) is 12.8 Å². The fraction of sp³-hybridized carbons (Fsp3) is 0.364. The molecule has 0 aromatic heterocycles. The van der Waals surface area contributed by atoms with Crippen molar-refractivity contribution in [2.24, 2.45) is 0 Å². The van der Waals surface area contributed by atoms with Crippen LogP contribution < -0.4 is 10.5 Å². The molecule has 7 heteroatoms. The highest BCUT2D eigenvalue weighted by Gasteiger charge is 2.19. The highest BCUT2D eigenvalue weighted by molar-refractivity contribution is 7.93. The van der Waals surface area contributed by atoms with E-state index in [0.29, 0.717) is 16.9 Å². The van der Waals surface area contributed by atoms with Crippen LogP contribution in [0, 0.1) is 13.8 Å². The molecule has 0 aliphatic rings. The van der Waals surface area contributed by atoms with Gasteiger partial charge in [-0.05, 0) is 31.0 Å². The summed E-state index contributed by atoms with van der Waals surface area (Å²) in [6.45, 7) is 3.46. The Morgan fingerprint density at radius 2 is 2.00 bits per heavy atom. The molecule has 3 N–H and O–H groups in total. The summed E-state index contributed by atoms with van der Waals surface area (Å²) in [5.74, 6) is -1.54. The Morgan fingerprint density at radius 3 is 2.56 bits per heavy atom. The van der Waals surface area contributed by atoms with Gasteiger partial charge in [-0.25, -0.2) is 8.42 Å². The fourth-order valence-corrected chi connectivity index (χ4v) is 2.55. The molecule has 0 atom stereocenters. The number of carbonyl (C=O) groups excluding carboxylic acids is 1. The van der Waals surface area contributed by atoms with Crippen molar-refractivity contribution in [3.8, 4) is 0 Å². The molecule has 0 aliphatic heterocycles. The number of methoxy groups -OCH3 is 1. The zero-order valence-corrected chi connectivity index (χ0v) is 11.3. The summed E-state index contributed by atoms with van der Waals surface area (Å²) in [5.41, 5.74) is 7.95. The smallest absolute Gasteiger partial charge is 0.322 e. The van der Waals surface area contributed by atoms with Gasteiger partial charge >= 0.3 is 5.97 Å². The van der Waals surface area contributed by atoms with E-state index in [1.807, 2.05) is 0 Å². The lowest BCUT2D eigenvalue weighted by Gasteiger charge is -2.14. The molecular weight excluding hydrogens is 256 g/mol. The van der Waals surface area contributed by atoms with Crippen molar-refractivity contribution in [1.82, 2.24) is 0 Å². The van der Waals surface area contributed by atoms with Crippen LogP contribution in [0.15, 0.2) is 12.1 Å². The van der Waals surface area contributed by atoms with Crippen LogP contribution in [0.3, 0.4) is 0 Å². The first-order chi connectivity index (χ1) is 8.26. The van der Waals surface area contributed by atoms with Crippen molar-refractivity contribution >= 4 is 27.4 Å². The van der Waals surface area contributed by atoms with Gasteiger partial charge in [0, 0.05) is 5.69 Å². The highest BCUT2D eigenvalue weighted by atomic mass is 32.2. The molecule has 0 bridgehead atoms. The number of nitrogen functional groups attached to an aromatic ring is 1. The molecule has 1 aromatic carbocycles. The normalized spacial score (nSPS) is 11.1. The van der Waals surface area contributed by atoms with Crippen LogP contribution in [0.4, 0.5) is 11.4 Å². The average molecular weight is 272 g/mol. The minimum atomic E-state index is -3.79. The van der Waals surface area contributed by atoms with Crippen LogP contribution in [-0.2, 0) is 19.6 Å². The Labute approximate surface area is 106 Å². The quantitative estimate of drug-likeness (QED) is 0.624. The van der Waals surface area contributed by atoms with Gasteiger partial charge in [-0.3, -0.25) is 9.52 Å². The minimum Gasteiger partial charge on any atom is -0.468 e. The zero-order valence-electron chi connectivity index (χ0n) is 10.5. The lowest BCUT2D eigenvalue weighted by Crippen LogP contribution is -2.24. The Morgan fingerprint density at radius 1 is 1.39 bits per heavy atom. The number of nitrogens with one attached hydrogen (secondary N) is 1. The fourth-order valence-electron chi connectivity index (χ4n) is 1.43. The van der Waals surface area contributed by atoms with Crippen LogP contribution in [0.5, 0.6) is 0 Å². The molecule has 0 amide bonds. The van der Waals surface area contributed by atoms with Crippen LogP contribution in [0.1, 0.15) is 11.1 Å². The maximum Gasteiger partial charge on any atom is 0.322 e. The van der Waals surface area contributed by atoms with E-state index in [-0.39, 0.29) is 0 Å². The number of aryl methyl sites for hydroxylation is 1.